The summed E-state index contributed by atoms with van der Waals surface area (Å²) in [5.74, 6) is 0.329. The molecular formula is C38H54N2O8. The fourth-order valence-corrected chi connectivity index (χ4v) is 6.87. The van der Waals surface area contributed by atoms with Crippen LogP contribution in [0.5, 0.6) is 17.2 Å². The summed E-state index contributed by atoms with van der Waals surface area (Å²) in [4.78, 5) is 29.4. The quantitative estimate of drug-likeness (QED) is 0.148. The molecule has 0 unspecified atom stereocenters. The summed E-state index contributed by atoms with van der Waals surface area (Å²) >= 11 is 0. The molecule has 4 N–H and O–H groups in total. The number of methoxy groups -OCH3 is 2. The number of aliphatic hydroxyl groups excluding tert-OH is 3. The maximum atomic E-state index is 14.0. The molecule has 0 saturated carbocycles. The Kier molecular flexibility index (Phi) is 14.6. The summed E-state index contributed by atoms with van der Waals surface area (Å²) in [7, 11) is 3.11. The van der Waals surface area contributed by atoms with Crippen LogP contribution in [0.25, 0.3) is 0 Å². The zero-order valence-electron chi connectivity index (χ0n) is 28.8. The topological polar surface area (TPSA) is 138 Å². The van der Waals surface area contributed by atoms with Crippen molar-refractivity contribution in [2.24, 2.45) is 0 Å². The summed E-state index contributed by atoms with van der Waals surface area (Å²) < 4.78 is 17.3. The van der Waals surface area contributed by atoms with Gasteiger partial charge in [0.2, 0.25) is 11.8 Å². The number of hydrogen-bond acceptors (Lipinski definition) is 8. The molecule has 2 aromatic rings. The van der Waals surface area contributed by atoms with Crippen LogP contribution in [0.3, 0.4) is 0 Å². The van der Waals surface area contributed by atoms with E-state index in [1.807, 2.05) is 24.3 Å². The van der Waals surface area contributed by atoms with E-state index >= 15 is 0 Å². The van der Waals surface area contributed by atoms with E-state index in [9.17, 15) is 24.9 Å². The molecule has 0 radical (unpaired) electrons. The Balaban J connectivity index is 1.61. The number of carbonyl (C=O) groups is 2. The normalized spacial score (nSPS) is 19.5. The Morgan fingerprint density at radius 1 is 0.938 bits per heavy atom. The van der Waals surface area contributed by atoms with E-state index in [-0.39, 0.29) is 25.7 Å². The SMILES string of the molecule is CCCCCCCCCCCC(=O)N(CCc1cccc(OC)c1)[C@@H]1C=C(C(=O)NCCO)[C@@H]2c3cc(CO)cc(OC)c3O[C@@H]2[C@H]1O. The van der Waals surface area contributed by atoms with Crippen molar-refractivity contribution >= 4 is 11.8 Å². The highest BCUT2D eigenvalue weighted by molar-refractivity contribution is 5.96. The molecule has 2 aromatic carbocycles. The number of benzene rings is 2. The van der Waals surface area contributed by atoms with Gasteiger partial charge in [0, 0.05) is 30.6 Å². The second kappa shape index (κ2) is 18.8. The van der Waals surface area contributed by atoms with Gasteiger partial charge in [0.1, 0.15) is 18.0 Å². The van der Waals surface area contributed by atoms with Crippen molar-refractivity contribution < 1.29 is 39.1 Å². The molecule has 0 saturated heterocycles. The first-order valence-electron chi connectivity index (χ1n) is 17.6. The van der Waals surface area contributed by atoms with E-state index in [0.717, 1.165) is 37.0 Å². The van der Waals surface area contributed by atoms with Crippen LogP contribution in [0, 0.1) is 0 Å². The molecule has 2 amide bonds. The second-order valence-corrected chi connectivity index (χ2v) is 12.8. The summed E-state index contributed by atoms with van der Waals surface area (Å²) in [5.41, 5.74) is 2.52. The predicted octanol–water partition coefficient (Wildman–Crippen LogP) is 4.81. The second-order valence-electron chi connectivity index (χ2n) is 12.8. The minimum atomic E-state index is -1.16. The van der Waals surface area contributed by atoms with Crippen LogP contribution in [0.15, 0.2) is 48.0 Å². The number of aliphatic hydroxyl groups is 3. The largest absolute Gasteiger partial charge is 0.497 e. The fraction of sp³-hybridized carbons (Fsp3) is 0.579. The third-order valence-electron chi connectivity index (χ3n) is 9.44. The van der Waals surface area contributed by atoms with Crippen LogP contribution in [0.2, 0.25) is 0 Å². The molecule has 48 heavy (non-hydrogen) atoms. The Morgan fingerprint density at radius 3 is 2.33 bits per heavy atom. The van der Waals surface area contributed by atoms with Gasteiger partial charge < -0.3 is 39.7 Å². The molecule has 1 aliphatic heterocycles. The van der Waals surface area contributed by atoms with Crippen molar-refractivity contribution in [1.29, 1.82) is 0 Å². The molecule has 0 aromatic heterocycles. The van der Waals surface area contributed by atoms with E-state index in [4.69, 9.17) is 14.2 Å². The van der Waals surface area contributed by atoms with Gasteiger partial charge >= 0.3 is 0 Å². The monoisotopic (exact) mass is 666 g/mol. The van der Waals surface area contributed by atoms with Crippen molar-refractivity contribution in [2.75, 3.05) is 33.9 Å². The standard InChI is InChI=1S/C38H54N2O8/c1-4-5-6-7-8-9-10-11-12-16-33(43)40(19-17-26-14-13-15-28(21-26)46-2)31-24-30(38(45)39-18-20-41)34-29-22-27(25-42)23-32(47-3)36(29)48-37(34)35(31)44/h13-15,21-24,31,34-35,37,41-42,44H,4-12,16-20,25H2,1-3H3,(H,39,45)/t31-,34+,35+,37+/m1/s1. The maximum Gasteiger partial charge on any atom is 0.247 e. The van der Waals surface area contributed by atoms with Crippen molar-refractivity contribution in [1.82, 2.24) is 10.2 Å². The number of nitrogens with zero attached hydrogens (tertiary/aromatic N) is 1. The van der Waals surface area contributed by atoms with Gasteiger partial charge in [0.25, 0.3) is 0 Å². The van der Waals surface area contributed by atoms with Crippen LogP contribution in [-0.4, -0.2) is 84.2 Å². The molecule has 4 rings (SSSR count). The van der Waals surface area contributed by atoms with Crippen LogP contribution >= 0.6 is 0 Å². The molecule has 0 spiro atoms. The first-order valence-corrected chi connectivity index (χ1v) is 17.6. The molecule has 264 valence electrons. The molecule has 10 heteroatoms. The average molecular weight is 667 g/mol. The smallest absolute Gasteiger partial charge is 0.247 e. The van der Waals surface area contributed by atoms with Crippen molar-refractivity contribution in [3.05, 3.63) is 64.7 Å². The fourth-order valence-electron chi connectivity index (χ4n) is 6.87. The number of ether oxygens (including phenoxy) is 3. The van der Waals surface area contributed by atoms with Crippen LogP contribution in [0.4, 0.5) is 0 Å². The van der Waals surface area contributed by atoms with E-state index in [2.05, 4.69) is 12.2 Å². The highest BCUT2D eigenvalue weighted by atomic mass is 16.5. The minimum absolute atomic E-state index is 0.0472. The first kappa shape index (κ1) is 37.2. The van der Waals surface area contributed by atoms with Gasteiger partial charge in [-0.15, -0.1) is 0 Å². The third-order valence-corrected chi connectivity index (χ3v) is 9.44. The van der Waals surface area contributed by atoms with Gasteiger partial charge in [0.05, 0.1) is 39.4 Å². The average Bonchev–Trinajstić information content (AvgIpc) is 3.50. The molecule has 0 fully saturated rings. The zero-order chi connectivity index (χ0) is 34.5. The lowest BCUT2D eigenvalue weighted by Crippen LogP contribution is -2.56. The van der Waals surface area contributed by atoms with Crippen LogP contribution < -0.4 is 19.5 Å². The summed E-state index contributed by atoms with van der Waals surface area (Å²) in [6.45, 7) is 2.10. The van der Waals surface area contributed by atoms with Crippen molar-refractivity contribution in [3.63, 3.8) is 0 Å². The highest BCUT2D eigenvalue weighted by Crippen LogP contribution is 2.51. The highest BCUT2D eigenvalue weighted by Gasteiger charge is 2.51. The molecule has 2 aliphatic rings. The predicted molar refractivity (Wildman–Crippen MR) is 184 cm³/mol. The van der Waals surface area contributed by atoms with E-state index in [1.165, 1.54) is 39.2 Å². The number of unbranched alkanes of at least 4 members (excludes halogenated alkanes) is 8. The Hall–Kier alpha value is -3.60. The lowest BCUT2D eigenvalue weighted by atomic mass is 9.77. The number of amides is 2. The number of fused-ring (bicyclic) bond motifs is 3. The molecular weight excluding hydrogens is 612 g/mol. The Morgan fingerprint density at radius 2 is 1.67 bits per heavy atom. The Bertz CT molecular complexity index is 1380. The number of nitrogens with one attached hydrogen (secondary N) is 1. The van der Waals surface area contributed by atoms with Gasteiger partial charge in [0.15, 0.2) is 11.5 Å². The van der Waals surface area contributed by atoms with Gasteiger partial charge in [-0.2, -0.15) is 0 Å². The molecule has 4 atom stereocenters. The third kappa shape index (κ3) is 9.30. The van der Waals surface area contributed by atoms with Crippen LogP contribution in [-0.2, 0) is 22.6 Å². The molecule has 10 nitrogen and oxygen atoms in total. The first-order chi connectivity index (χ1) is 23.4. The van der Waals surface area contributed by atoms with E-state index in [0.29, 0.717) is 47.6 Å². The maximum absolute atomic E-state index is 14.0. The van der Waals surface area contributed by atoms with Gasteiger partial charge in [-0.05, 0) is 54.3 Å². The molecule has 0 bridgehead atoms. The van der Waals surface area contributed by atoms with E-state index in [1.54, 1.807) is 30.2 Å². The summed E-state index contributed by atoms with van der Waals surface area (Å²) in [6.07, 6.45) is 10.7. The van der Waals surface area contributed by atoms with Gasteiger partial charge in [-0.25, -0.2) is 0 Å². The minimum Gasteiger partial charge on any atom is -0.497 e. The number of carbonyl (C=O) groups excluding carboxylic acids is 2. The summed E-state index contributed by atoms with van der Waals surface area (Å²) in [5, 5.41) is 34.1. The number of rotatable bonds is 20. The van der Waals surface area contributed by atoms with Gasteiger partial charge in [-0.1, -0.05) is 70.4 Å². The van der Waals surface area contributed by atoms with Crippen molar-refractivity contribution in [2.45, 2.75) is 108 Å². The Labute approximate surface area is 285 Å². The van der Waals surface area contributed by atoms with Crippen LogP contribution in [0.1, 0.15) is 93.7 Å². The number of hydrogen-bond donors (Lipinski definition) is 4. The van der Waals surface area contributed by atoms with Crippen molar-refractivity contribution in [3.8, 4) is 17.2 Å². The lowest BCUT2D eigenvalue weighted by molar-refractivity contribution is -0.137. The summed E-state index contributed by atoms with van der Waals surface area (Å²) in [6, 6.07) is 10.3. The van der Waals surface area contributed by atoms with E-state index < -0.39 is 30.1 Å². The molecule has 1 aliphatic carbocycles. The molecule has 1 heterocycles. The zero-order valence-corrected chi connectivity index (χ0v) is 28.8. The lowest BCUT2D eigenvalue weighted by Gasteiger charge is -2.41. The van der Waals surface area contributed by atoms with Gasteiger partial charge in [-0.3, -0.25) is 9.59 Å².